The fourth-order valence-corrected chi connectivity index (χ4v) is 3.15. The Labute approximate surface area is 146 Å². The SMILES string of the molecule is CC(C)(C)OC(=O)CC[C@H](C(=O)OC(C)(C)C)C1(O)CCCCC1. The molecule has 0 amide bonds. The first-order chi connectivity index (χ1) is 10.8. The molecule has 0 aromatic carbocycles. The maximum atomic E-state index is 12.6. The zero-order valence-electron chi connectivity index (χ0n) is 16.1. The van der Waals surface area contributed by atoms with Gasteiger partial charge in [-0.25, -0.2) is 0 Å². The third-order valence-corrected chi connectivity index (χ3v) is 4.12. The van der Waals surface area contributed by atoms with Crippen molar-refractivity contribution in [3.63, 3.8) is 0 Å². The first-order valence-corrected chi connectivity index (χ1v) is 8.99. The van der Waals surface area contributed by atoms with Crippen LogP contribution in [0.3, 0.4) is 0 Å². The van der Waals surface area contributed by atoms with Gasteiger partial charge in [0.05, 0.1) is 11.5 Å². The van der Waals surface area contributed by atoms with Crippen LogP contribution in [0.4, 0.5) is 0 Å². The Morgan fingerprint density at radius 3 is 1.92 bits per heavy atom. The first-order valence-electron chi connectivity index (χ1n) is 8.99. The molecule has 24 heavy (non-hydrogen) atoms. The molecule has 1 rings (SSSR count). The molecule has 1 saturated carbocycles. The highest BCUT2D eigenvalue weighted by atomic mass is 16.6. The summed E-state index contributed by atoms with van der Waals surface area (Å²) < 4.78 is 10.8. The van der Waals surface area contributed by atoms with Crippen LogP contribution in [0.5, 0.6) is 0 Å². The van der Waals surface area contributed by atoms with Crippen LogP contribution in [0.25, 0.3) is 0 Å². The van der Waals surface area contributed by atoms with E-state index in [1.807, 2.05) is 20.8 Å². The summed E-state index contributed by atoms with van der Waals surface area (Å²) in [5, 5.41) is 11.0. The summed E-state index contributed by atoms with van der Waals surface area (Å²) >= 11 is 0. The number of hydrogen-bond acceptors (Lipinski definition) is 5. The number of carbonyl (C=O) groups is 2. The van der Waals surface area contributed by atoms with Crippen molar-refractivity contribution in [2.75, 3.05) is 0 Å². The quantitative estimate of drug-likeness (QED) is 0.770. The summed E-state index contributed by atoms with van der Waals surface area (Å²) in [6.45, 7) is 10.9. The van der Waals surface area contributed by atoms with Gasteiger partial charge in [0.1, 0.15) is 11.2 Å². The molecule has 0 bridgehead atoms. The van der Waals surface area contributed by atoms with Gasteiger partial charge in [0.15, 0.2) is 0 Å². The minimum absolute atomic E-state index is 0.101. The Morgan fingerprint density at radius 2 is 1.46 bits per heavy atom. The largest absolute Gasteiger partial charge is 0.460 e. The van der Waals surface area contributed by atoms with E-state index in [1.165, 1.54) is 0 Å². The third kappa shape index (κ3) is 7.20. The lowest BCUT2D eigenvalue weighted by Gasteiger charge is -2.39. The van der Waals surface area contributed by atoms with E-state index < -0.39 is 28.7 Å². The Morgan fingerprint density at radius 1 is 0.958 bits per heavy atom. The van der Waals surface area contributed by atoms with Crippen molar-refractivity contribution in [3.8, 4) is 0 Å². The summed E-state index contributed by atoms with van der Waals surface area (Å²) in [7, 11) is 0. The lowest BCUT2D eigenvalue weighted by atomic mass is 9.74. The van der Waals surface area contributed by atoms with E-state index in [9.17, 15) is 14.7 Å². The Hall–Kier alpha value is -1.10. The minimum atomic E-state index is -1.08. The highest BCUT2D eigenvalue weighted by Gasteiger charge is 2.44. The van der Waals surface area contributed by atoms with Crippen molar-refractivity contribution >= 4 is 11.9 Å². The molecule has 1 aliphatic rings. The van der Waals surface area contributed by atoms with Gasteiger partial charge < -0.3 is 14.6 Å². The smallest absolute Gasteiger partial charge is 0.312 e. The molecule has 0 unspecified atom stereocenters. The molecular formula is C19H34O5. The molecule has 0 aromatic rings. The molecule has 1 N–H and O–H groups in total. The summed E-state index contributed by atoms with van der Waals surface area (Å²) in [4.78, 5) is 24.6. The van der Waals surface area contributed by atoms with E-state index in [1.54, 1.807) is 20.8 Å². The van der Waals surface area contributed by atoms with Gasteiger partial charge >= 0.3 is 11.9 Å². The molecule has 0 heterocycles. The van der Waals surface area contributed by atoms with Crippen molar-refractivity contribution in [1.82, 2.24) is 0 Å². The number of ether oxygens (including phenoxy) is 2. The van der Waals surface area contributed by atoms with Gasteiger partial charge in [-0.05, 0) is 60.8 Å². The van der Waals surface area contributed by atoms with Crippen LogP contribution in [0.1, 0.15) is 86.5 Å². The zero-order valence-corrected chi connectivity index (χ0v) is 16.1. The van der Waals surface area contributed by atoms with Crippen molar-refractivity contribution in [2.45, 2.75) is 103 Å². The van der Waals surface area contributed by atoms with E-state index in [2.05, 4.69) is 0 Å². The molecule has 0 aromatic heterocycles. The Balaban J connectivity index is 2.81. The Bertz CT molecular complexity index is 436. The van der Waals surface area contributed by atoms with Gasteiger partial charge in [0.2, 0.25) is 0 Å². The normalized spacial score (nSPS) is 19.5. The fraction of sp³-hybridized carbons (Fsp3) is 0.895. The van der Waals surface area contributed by atoms with Gasteiger partial charge in [0.25, 0.3) is 0 Å². The average molecular weight is 342 g/mol. The summed E-state index contributed by atoms with van der Waals surface area (Å²) in [6, 6.07) is 0. The number of hydrogen-bond donors (Lipinski definition) is 1. The summed E-state index contributed by atoms with van der Waals surface area (Å²) in [6.07, 6.45) is 4.35. The predicted molar refractivity (Wildman–Crippen MR) is 92.4 cm³/mol. The van der Waals surface area contributed by atoms with Crippen LogP contribution >= 0.6 is 0 Å². The minimum Gasteiger partial charge on any atom is -0.460 e. The molecule has 0 aliphatic heterocycles. The maximum Gasteiger partial charge on any atom is 0.312 e. The molecular weight excluding hydrogens is 308 g/mol. The van der Waals surface area contributed by atoms with Crippen LogP contribution in [-0.2, 0) is 19.1 Å². The number of aliphatic hydroxyl groups is 1. The van der Waals surface area contributed by atoms with Gasteiger partial charge in [-0.1, -0.05) is 19.3 Å². The van der Waals surface area contributed by atoms with E-state index in [-0.39, 0.29) is 18.8 Å². The summed E-state index contributed by atoms with van der Waals surface area (Å²) in [5.41, 5.74) is -2.25. The van der Waals surface area contributed by atoms with Crippen LogP contribution < -0.4 is 0 Å². The van der Waals surface area contributed by atoms with Gasteiger partial charge in [-0.3, -0.25) is 9.59 Å². The molecule has 140 valence electrons. The topological polar surface area (TPSA) is 72.8 Å². The molecule has 0 radical (unpaired) electrons. The molecule has 5 nitrogen and oxygen atoms in total. The molecule has 1 fully saturated rings. The second kappa shape index (κ2) is 7.85. The second-order valence-corrected chi connectivity index (χ2v) is 8.88. The average Bonchev–Trinajstić information content (AvgIpc) is 2.34. The highest BCUT2D eigenvalue weighted by molar-refractivity contribution is 5.76. The zero-order chi connectivity index (χ0) is 18.6. The number of carbonyl (C=O) groups excluding carboxylic acids is 2. The molecule has 1 aliphatic carbocycles. The van der Waals surface area contributed by atoms with Crippen LogP contribution in [0.15, 0.2) is 0 Å². The van der Waals surface area contributed by atoms with Crippen molar-refractivity contribution in [3.05, 3.63) is 0 Å². The molecule has 1 atom stereocenters. The van der Waals surface area contributed by atoms with Crippen LogP contribution in [0, 0.1) is 5.92 Å². The van der Waals surface area contributed by atoms with E-state index in [4.69, 9.17) is 9.47 Å². The standard InChI is InChI=1S/C19H34O5/c1-17(2,3)23-15(20)11-10-14(16(21)24-18(4,5)6)19(22)12-8-7-9-13-19/h14,22H,7-13H2,1-6H3/t14-/m1/s1. The molecule has 0 spiro atoms. The highest BCUT2D eigenvalue weighted by Crippen LogP contribution is 2.38. The lowest BCUT2D eigenvalue weighted by molar-refractivity contribution is -0.174. The lowest BCUT2D eigenvalue weighted by Crippen LogP contribution is -2.46. The number of rotatable bonds is 5. The van der Waals surface area contributed by atoms with Gasteiger partial charge in [-0.15, -0.1) is 0 Å². The number of esters is 2. The van der Waals surface area contributed by atoms with Crippen molar-refractivity contribution in [2.24, 2.45) is 5.92 Å². The summed E-state index contributed by atoms with van der Waals surface area (Å²) in [5.74, 6) is -1.46. The maximum absolute atomic E-state index is 12.6. The van der Waals surface area contributed by atoms with Gasteiger partial charge in [-0.2, -0.15) is 0 Å². The van der Waals surface area contributed by atoms with Crippen molar-refractivity contribution in [1.29, 1.82) is 0 Å². The predicted octanol–water partition coefficient (Wildman–Crippen LogP) is 3.76. The van der Waals surface area contributed by atoms with Crippen LogP contribution in [-0.4, -0.2) is 33.8 Å². The molecule has 5 heteroatoms. The van der Waals surface area contributed by atoms with E-state index in [0.29, 0.717) is 12.8 Å². The van der Waals surface area contributed by atoms with E-state index in [0.717, 1.165) is 19.3 Å². The second-order valence-electron chi connectivity index (χ2n) is 8.88. The van der Waals surface area contributed by atoms with Crippen LogP contribution in [0.2, 0.25) is 0 Å². The van der Waals surface area contributed by atoms with Crippen molar-refractivity contribution < 1.29 is 24.2 Å². The van der Waals surface area contributed by atoms with E-state index >= 15 is 0 Å². The third-order valence-electron chi connectivity index (χ3n) is 4.12. The first kappa shape index (κ1) is 20.9. The van der Waals surface area contributed by atoms with Gasteiger partial charge in [0, 0.05) is 6.42 Å². The fourth-order valence-electron chi connectivity index (χ4n) is 3.15. The Kier molecular flexibility index (Phi) is 6.85. The molecule has 0 saturated heterocycles. The monoisotopic (exact) mass is 342 g/mol.